The zero-order valence-corrected chi connectivity index (χ0v) is 21.0. The molecule has 0 saturated carbocycles. The molecular formula is C28H24ClN3O2S. The second-order valence-electron chi connectivity index (χ2n) is 8.49. The standard InChI is InChI=1S/C28H24ClN3O2S/c1-18-7-10-22(15-19(18)2)32-27(33)25(30-28(32)35)16-20-17-31(26-6-4-3-5-24(20)26)13-14-34-23-11-8-21(29)9-12-23/h3-12,15-17H,13-14H2,1-2H3,(H,30,35)/b25-16-. The molecule has 0 unspecified atom stereocenters. The first kappa shape index (κ1) is 23.1. The molecule has 1 aliphatic heterocycles. The molecule has 1 aliphatic rings. The third-order valence-electron chi connectivity index (χ3n) is 6.16. The number of carbonyl (C=O) groups is 1. The van der Waals surface area contributed by atoms with E-state index in [1.54, 1.807) is 4.90 Å². The predicted octanol–water partition coefficient (Wildman–Crippen LogP) is 6.25. The van der Waals surface area contributed by atoms with Gasteiger partial charge in [0, 0.05) is 27.7 Å². The fourth-order valence-electron chi connectivity index (χ4n) is 4.16. The Labute approximate surface area is 214 Å². The molecule has 0 spiro atoms. The van der Waals surface area contributed by atoms with Gasteiger partial charge in [0.15, 0.2) is 5.11 Å². The van der Waals surface area contributed by atoms with Crippen molar-refractivity contribution >= 4 is 57.5 Å². The van der Waals surface area contributed by atoms with E-state index < -0.39 is 0 Å². The number of fused-ring (bicyclic) bond motifs is 1. The zero-order chi connectivity index (χ0) is 24.5. The number of hydrogen-bond acceptors (Lipinski definition) is 3. The minimum absolute atomic E-state index is 0.166. The van der Waals surface area contributed by atoms with Gasteiger partial charge in [-0.15, -0.1) is 0 Å². The summed E-state index contributed by atoms with van der Waals surface area (Å²) in [7, 11) is 0. The number of rotatable bonds is 6. The molecule has 4 aromatic rings. The summed E-state index contributed by atoms with van der Waals surface area (Å²) < 4.78 is 8.02. The van der Waals surface area contributed by atoms with Crippen LogP contribution in [0.15, 0.2) is 78.6 Å². The number of para-hydroxylation sites is 1. The van der Waals surface area contributed by atoms with E-state index in [0.29, 0.717) is 29.0 Å². The Hall–Kier alpha value is -3.61. The molecule has 0 radical (unpaired) electrons. The number of carbonyl (C=O) groups excluding carboxylic acids is 1. The summed E-state index contributed by atoms with van der Waals surface area (Å²) in [5, 5.41) is 5.21. The molecule has 0 bridgehead atoms. The number of benzene rings is 3. The molecule has 1 aromatic heterocycles. The quantitative estimate of drug-likeness (QED) is 0.250. The maximum Gasteiger partial charge on any atom is 0.281 e. The second-order valence-corrected chi connectivity index (χ2v) is 9.32. The highest BCUT2D eigenvalue weighted by molar-refractivity contribution is 7.80. The number of aromatic nitrogens is 1. The van der Waals surface area contributed by atoms with Crippen LogP contribution in [0.5, 0.6) is 5.75 Å². The van der Waals surface area contributed by atoms with E-state index in [0.717, 1.165) is 33.5 Å². The smallest absolute Gasteiger partial charge is 0.281 e. The van der Waals surface area contributed by atoms with Crippen molar-refractivity contribution in [2.24, 2.45) is 0 Å². The average molecular weight is 502 g/mol. The SMILES string of the molecule is Cc1ccc(N2C(=O)/C(=C/c3cn(CCOc4ccc(Cl)cc4)c4ccccc34)NC2=S)cc1C. The van der Waals surface area contributed by atoms with Crippen molar-refractivity contribution < 1.29 is 9.53 Å². The van der Waals surface area contributed by atoms with Crippen LogP contribution in [0.4, 0.5) is 5.69 Å². The number of amides is 1. The largest absolute Gasteiger partial charge is 0.492 e. The van der Waals surface area contributed by atoms with E-state index in [-0.39, 0.29) is 5.91 Å². The summed E-state index contributed by atoms with van der Waals surface area (Å²) in [6, 6.07) is 21.4. The van der Waals surface area contributed by atoms with Gasteiger partial charge in [0.05, 0.1) is 12.2 Å². The molecule has 1 N–H and O–H groups in total. The van der Waals surface area contributed by atoms with Gasteiger partial charge >= 0.3 is 0 Å². The van der Waals surface area contributed by atoms with Crippen LogP contribution in [-0.4, -0.2) is 22.2 Å². The number of anilines is 1. The van der Waals surface area contributed by atoms with Gasteiger partial charge in [-0.05, 0) is 85.7 Å². The van der Waals surface area contributed by atoms with Crippen LogP contribution >= 0.6 is 23.8 Å². The van der Waals surface area contributed by atoms with Crippen LogP contribution in [0.2, 0.25) is 5.02 Å². The van der Waals surface area contributed by atoms with Gasteiger partial charge in [0.25, 0.3) is 5.91 Å². The fraction of sp³-hybridized carbons (Fsp3) is 0.143. The lowest BCUT2D eigenvalue weighted by Gasteiger charge is -2.15. The zero-order valence-electron chi connectivity index (χ0n) is 19.4. The molecule has 5 nitrogen and oxygen atoms in total. The maximum absolute atomic E-state index is 13.3. The monoisotopic (exact) mass is 501 g/mol. The molecule has 5 rings (SSSR count). The van der Waals surface area contributed by atoms with Gasteiger partial charge in [-0.3, -0.25) is 9.69 Å². The van der Waals surface area contributed by atoms with Crippen LogP contribution in [0.1, 0.15) is 16.7 Å². The molecule has 7 heteroatoms. The van der Waals surface area contributed by atoms with Crippen molar-refractivity contribution in [1.29, 1.82) is 0 Å². The van der Waals surface area contributed by atoms with E-state index in [2.05, 4.69) is 22.0 Å². The number of aryl methyl sites for hydroxylation is 2. The van der Waals surface area contributed by atoms with Crippen molar-refractivity contribution in [3.8, 4) is 5.75 Å². The Morgan fingerprint density at radius 2 is 1.80 bits per heavy atom. The molecule has 35 heavy (non-hydrogen) atoms. The molecule has 1 amide bonds. The summed E-state index contributed by atoms with van der Waals surface area (Å²) in [5.41, 5.74) is 5.50. The first-order valence-electron chi connectivity index (χ1n) is 11.3. The molecule has 176 valence electrons. The number of nitrogens with one attached hydrogen (secondary N) is 1. The van der Waals surface area contributed by atoms with Gasteiger partial charge in [-0.1, -0.05) is 35.9 Å². The van der Waals surface area contributed by atoms with Crippen molar-refractivity contribution in [1.82, 2.24) is 9.88 Å². The van der Waals surface area contributed by atoms with Gasteiger partial charge in [-0.2, -0.15) is 0 Å². The van der Waals surface area contributed by atoms with Crippen LogP contribution in [-0.2, 0) is 11.3 Å². The normalized spacial score (nSPS) is 14.7. The van der Waals surface area contributed by atoms with Crippen LogP contribution in [0.25, 0.3) is 17.0 Å². The summed E-state index contributed by atoms with van der Waals surface area (Å²) in [5.74, 6) is 0.607. The summed E-state index contributed by atoms with van der Waals surface area (Å²) >= 11 is 11.5. The number of ether oxygens (including phenoxy) is 1. The van der Waals surface area contributed by atoms with Crippen molar-refractivity contribution in [2.75, 3.05) is 11.5 Å². The number of nitrogens with zero attached hydrogens (tertiary/aromatic N) is 2. The van der Waals surface area contributed by atoms with E-state index in [9.17, 15) is 4.79 Å². The van der Waals surface area contributed by atoms with E-state index in [4.69, 9.17) is 28.6 Å². The van der Waals surface area contributed by atoms with Crippen LogP contribution in [0.3, 0.4) is 0 Å². The first-order valence-corrected chi connectivity index (χ1v) is 12.1. The Morgan fingerprint density at radius 1 is 1.03 bits per heavy atom. The Kier molecular flexibility index (Phi) is 6.32. The topological polar surface area (TPSA) is 46.5 Å². The maximum atomic E-state index is 13.3. The number of halogens is 1. The van der Waals surface area contributed by atoms with Crippen LogP contribution in [0, 0.1) is 13.8 Å². The highest BCUT2D eigenvalue weighted by Crippen LogP contribution is 2.28. The highest BCUT2D eigenvalue weighted by Gasteiger charge is 2.32. The fourth-order valence-corrected chi connectivity index (χ4v) is 4.58. The summed E-state index contributed by atoms with van der Waals surface area (Å²) in [6.45, 7) is 5.22. The van der Waals surface area contributed by atoms with Gasteiger partial charge in [-0.25, -0.2) is 0 Å². The highest BCUT2D eigenvalue weighted by atomic mass is 35.5. The Morgan fingerprint density at radius 3 is 2.57 bits per heavy atom. The molecule has 1 fully saturated rings. The third kappa shape index (κ3) is 4.67. The molecule has 2 heterocycles. The number of thiocarbonyl (C=S) groups is 1. The van der Waals surface area contributed by atoms with E-state index >= 15 is 0 Å². The Bertz CT molecular complexity index is 1470. The van der Waals surface area contributed by atoms with Crippen molar-refractivity contribution in [3.05, 3.63) is 100 Å². The minimum atomic E-state index is -0.166. The summed E-state index contributed by atoms with van der Waals surface area (Å²) in [6.07, 6.45) is 3.91. The molecule has 0 atom stereocenters. The lowest BCUT2D eigenvalue weighted by atomic mass is 10.1. The number of hydrogen-bond donors (Lipinski definition) is 1. The Balaban J connectivity index is 1.40. The predicted molar refractivity (Wildman–Crippen MR) is 146 cm³/mol. The van der Waals surface area contributed by atoms with Crippen LogP contribution < -0.4 is 15.0 Å². The van der Waals surface area contributed by atoms with Crippen molar-refractivity contribution in [3.63, 3.8) is 0 Å². The first-order chi connectivity index (χ1) is 16.9. The molecule has 1 saturated heterocycles. The molecule has 0 aliphatic carbocycles. The van der Waals surface area contributed by atoms with E-state index in [1.165, 1.54) is 5.56 Å². The minimum Gasteiger partial charge on any atom is -0.492 e. The van der Waals surface area contributed by atoms with E-state index in [1.807, 2.05) is 80.7 Å². The van der Waals surface area contributed by atoms with Crippen molar-refractivity contribution in [2.45, 2.75) is 20.4 Å². The average Bonchev–Trinajstić information content (AvgIpc) is 3.33. The second kappa shape index (κ2) is 9.56. The van der Waals surface area contributed by atoms with Gasteiger partial charge in [0.1, 0.15) is 18.1 Å². The van der Waals surface area contributed by atoms with Gasteiger partial charge in [0.2, 0.25) is 0 Å². The lowest BCUT2D eigenvalue weighted by Crippen LogP contribution is -2.30. The lowest BCUT2D eigenvalue weighted by molar-refractivity contribution is -0.113. The molecule has 3 aromatic carbocycles. The molecular weight excluding hydrogens is 478 g/mol. The summed E-state index contributed by atoms with van der Waals surface area (Å²) in [4.78, 5) is 14.8. The van der Waals surface area contributed by atoms with Gasteiger partial charge < -0.3 is 14.6 Å². The third-order valence-corrected chi connectivity index (χ3v) is 6.70.